The molecule has 0 radical (unpaired) electrons. The second kappa shape index (κ2) is 10.8. The Hall–Kier alpha value is -4.03. The molecular formula is C32H30N2O3S. The zero-order chi connectivity index (χ0) is 26.8. The molecule has 0 saturated carbocycles. The minimum absolute atomic E-state index is 0.230. The standard InChI is InChI=1S/C32H30N2O3S/c1-21-9-12-24(13-10-21)16-17-33-31(35)25-14-15-30-28(19-25)34(20-26-18-22(2)8-11-23(26)3)32(36)27-6-4-5-7-29(27)38(30)37/h4-15,18-19H,16-17,20H2,1-3H3,(H,33,35)/t38-/m1/s1. The van der Waals surface area contributed by atoms with Gasteiger partial charge in [0.15, 0.2) is 0 Å². The Labute approximate surface area is 226 Å². The van der Waals surface area contributed by atoms with Gasteiger partial charge in [0.1, 0.15) is 0 Å². The van der Waals surface area contributed by atoms with Gasteiger partial charge in [0.05, 0.1) is 38.4 Å². The summed E-state index contributed by atoms with van der Waals surface area (Å²) in [5.41, 5.74) is 6.84. The maximum atomic E-state index is 13.9. The zero-order valence-corrected chi connectivity index (χ0v) is 22.6. The van der Waals surface area contributed by atoms with Gasteiger partial charge in [-0.25, -0.2) is 4.21 Å². The van der Waals surface area contributed by atoms with Crippen molar-refractivity contribution in [1.29, 1.82) is 0 Å². The van der Waals surface area contributed by atoms with Gasteiger partial charge in [0.25, 0.3) is 11.8 Å². The third kappa shape index (κ3) is 5.18. The second-order valence-electron chi connectivity index (χ2n) is 9.76. The van der Waals surface area contributed by atoms with Crippen molar-refractivity contribution in [2.45, 2.75) is 43.5 Å². The first kappa shape index (κ1) is 25.6. The fraction of sp³-hybridized carbons (Fsp3) is 0.188. The topological polar surface area (TPSA) is 66.5 Å². The van der Waals surface area contributed by atoms with Gasteiger partial charge in [0.2, 0.25) is 0 Å². The number of carbonyl (C=O) groups excluding carboxylic acids is 2. The molecule has 0 fully saturated rings. The number of rotatable bonds is 6. The molecule has 0 aliphatic carbocycles. The third-order valence-corrected chi connectivity index (χ3v) is 8.43. The predicted molar refractivity (Wildman–Crippen MR) is 151 cm³/mol. The van der Waals surface area contributed by atoms with Crippen molar-refractivity contribution in [2.75, 3.05) is 11.4 Å². The Morgan fingerprint density at radius 1 is 0.842 bits per heavy atom. The molecule has 2 amide bonds. The summed E-state index contributed by atoms with van der Waals surface area (Å²) in [6.07, 6.45) is 0.716. The number of nitrogens with one attached hydrogen (secondary N) is 1. The molecule has 192 valence electrons. The number of fused-ring (bicyclic) bond motifs is 2. The van der Waals surface area contributed by atoms with Crippen LogP contribution in [-0.2, 0) is 23.8 Å². The van der Waals surface area contributed by atoms with Crippen LogP contribution in [0.4, 0.5) is 5.69 Å². The van der Waals surface area contributed by atoms with Crippen LogP contribution in [0.5, 0.6) is 0 Å². The summed E-state index contributed by atoms with van der Waals surface area (Å²) in [7, 11) is -1.56. The Bertz CT molecular complexity index is 1560. The molecule has 4 aromatic carbocycles. The maximum absolute atomic E-state index is 13.9. The van der Waals surface area contributed by atoms with Crippen molar-refractivity contribution in [3.8, 4) is 0 Å². The Morgan fingerprint density at radius 3 is 2.37 bits per heavy atom. The molecule has 5 nitrogen and oxygen atoms in total. The molecule has 1 N–H and O–H groups in total. The van der Waals surface area contributed by atoms with E-state index in [1.165, 1.54) is 5.56 Å². The van der Waals surface area contributed by atoms with Crippen LogP contribution in [-0.4, -0.2) is 22.6 Å². The quantitative estimate of drug-likeness (QED) is 0.342. The highest BCUT2D eigenvalue weighted by atomic mass is 32.2. The number of hydrogen-bond donors (Lipinski definition) is 1. The van der Waals surface area contributed by atoms with Crippen molar-refractivity contribution < 1.29 is 13.8 Å². The van der Waals surface area contributed by atoms with Crippen molar-refractivity contribution in [2.24, 2.45) is 0 Å². The summed E-state index contributed by atoms with van der Waals surface area (Å²) >= 11 is 0. The summed E-state index contributed by atoms with van der Waals surface area (Å²) in [6.45, 7) is 6.88. The van der Waals surface area contributed by atoms with E-state index in [0.29, 0.717) is 46.1 Å². The van der Waals surface area contributed by atoms with Gasteiger partial charge in [0, 0.05) is 12.1 Å². The molecular weight excluding hydrogens is 492 g/mol. The molecule has 4 aromatic rings. The summed E-state index contributed by atoms with van der Waals surface area (Å²) in [5, 5.41) is 2.99. The molecule has 1 heterocycles. The first-order chi connectivity index (χ1) is 18.3. The van der Waals surface area contributed by atoms with E-state index in [1.807, 2.05) is 32.9 Å². The fourth-order valence-corrected chi connectivity index (χ4v) is 6.02. The van der Waals surface area contributed by atoms with E-state index >= 15 is 0 Å². The van der Waals surface area contributed by atoms with E-state index in [-0.39, 0.29) is 11.8 Å². The lowest BCUT2D eigenvalue weighted by molar-refractivity contribution is 0.0950. The number of benzene rings is 4. The van der Waals surface area contributed by atoms with Crippen LogP contribution < -0.4 is 10.2 Å². The van der Waals surface area contributed by atoms with E-state index in [2.05, 4.69) is 35.6 Å². The van der Waals surface area contributed by atoms with Crippen LogP contribution >= 0.6 is 0 Å². The van der Waals surface area contributed by atoms with E-state index in [0.717, 1.165) is 22.3 Å². The van der Waals surface area contributed by atoms with Crippen molar-refractivity contribution >= 4 is 28.3 Å². The van der Waals surface area contributed by atoms with Crippen LogP contribution in [0.1, 0.15) is 48.5 Å². The fourth-order valence-electron chi connectivity index (χ4n) is 4.68. The molecule has 0 saturated heterocycles. The number of anilines is 1. The number of hydrogen-bond acceptors (Lipinski definition) is 3. The highest BCUT2D eigenvalue weighted by molar-refractivity contribution is 7.85. The first-order valence-corrected chi connectivity index (χ1v) is 13.8. The normalized spacial score (nSPS) is 14.4. The van der Waals surface area contributed by atoms with Gasteiger partial charge in [-0.2, -0.15) is 0 Å². The number of carbonyl (C=O) groups is 2. The minimum Gasteiger partial charge on any atom is -0.352 e. The van der Waals surface area contributed by atoms with Gasteiger partial charge >= 0.3 is 0 Å². The minimum atomic E-state index is -1.56. The molecule has 6 heteroatoms. The molecule has 38 heavy (non-hydrogen) atoms. The summed E-state index contributed by atoms with van der Waals surface area (Å²) in [4.78, 5) is 29.6. The summed E-state index contributed by atoms with van der Waals surface area (Å²) in [5.74, 6) is -0.461. The highest BCUT2D eigenvalue weighted by Crippen LogP contribution is 2.36. The number of amides is 2. The Kier molecular flexibility index (Phi) is 7.25. The maximum Gasteiger partial charge on any atom is 0.259 e. The predicted octanol–water partition coefficient (Wildman–Crippen LogP) is 5.91. The molecule has 0 unspecified atom stereocenters. The molecule has 0 bridgehead atoms. The average molecular weight is 523 g/mol. The molecule has 1 atom stereocenters. The van der Waals surface area contributed by atoms with Crippen molar-refractivity contribution in [1.82, 2.24) is 5.32 Å². The lowest BCUT2D eigenvalue weighted by atomic mass is 10.0. The third-order valence-electron chi connectivity index (χ3n) is 6.93. The number of aryl methyl sites for hydroxylation is 3. The van der Waals surface area contributed by atoms with Gasteiger partial charge in [-0.3, -0.25) is 9.59 Å². The molecule has 5 rings (SSSR count). The van der Waals surface area contributed by atoms with Crippen LogP contribution in [0.15, 0.2) is 94.7 Å². The summed E-state index contributed by atoms with van der Waals surface area (Å²) in [6, 6.07) is 26.5. The van der Waals surface area contributed by atoms with Crippen molar-refractivity contribution in [3.63, 3.8) is 0 Å². The van der Waals surface area contributed by atoms with Gasteiger partial charge in [-0.15, -0.1) is 0 Å². The van der Waals surface area contributed by atoms with Gasteiger partial charge in [-0.1, -0.05) is 65.7 Å². The van der Waals surface area contributed by atoms with Crippen LogP contribution in [0, 0.1) is 20.8 Å². The smallest absolute Gasteiger partial charge is 0.259 e. The lowest BCUT2D eigenvalue weighted by Gasteiger charge is -2.24. The lowest BCUT2D eigenvalue weighted by Crippen LogP contribution is -2.31. The summed E-state index contributed by atoms with van der Waals surface area (Å²) < 4.78 is 13.7. The van der Waals surface area contributed by atoms with E-state index in [1.54, 1.807) is 47.4 Å². The highest BCUT2D eigenvalue weighted by Gasteiger charge is 2.31. The largest absolute Gasteiger partial charge is 0.352 e. The zero-order valence-electron chi connectivity index (χ0n) is 21.8. The van der Waals surface area contributed by atoms with Crippen LogP contribution in [0.2, 0.25) is 0 Å². The van der Waals surface area contributed by atoms with Crippen LogP contribution in [0.3, 0.4) is 0 Å². The van der Waals surface area contributed by atoms with E-state index in [9.17, 15) is 13.8 Å². The molecule has 0 aromatic heterocycles. The first-order valence-electron chi connectivity index (χ1n) is 12.7. The Morgan fingerprint density at radius 2 is 1.58 bits per heavy atom. The SMILES string of the molecule is Cc1ccc(CCNC(=O)c2ccc3c(c2)N(Cc2cc(C)ccc2C)C(=O)c2ccccc2[S@]3=O)cc1. The van der Waals surface area contributed by atoms with E-state index in [4.69, 9.17) is 0 Å². The molecule has 0 spiro atoms. The van der Waals surface area contributed by atoms with E-state index < -0.39 is 10.8 Å². The van der Waals surface area contributed by atoms with Crippen molar-refractivity contribution in [3.05, 3.63) is 124 Å². The monoisotopic (exact) mass is 522 g/mol. The average Bonchev–Trinajstić information content (AvgIpc) is 3.01. The van der Waals surface area contributed by atoms with Gasteiger partial charge < -0.3 is 10.2 Å². The number of nitrogens with zero attached hydrogens (tertiary/aromatic N) is 1. The van der Waals surface area contributed by atoms with Gasteiger partial charge in [-0.05, 0) is 74.2 Å². The molecule has 1 aliphatic heterocycles. The second-order valence-corrected chi connectivity index (χ2v) is 11.2. The van der Waals surface area contributed by atoms with Crippen LogP contribution in [0.25, 0.3) is 0 Å². The Balaban J connectivity index is 1.49. The molecule has 1 aliphatic rings.